The fraction of sp³-hybridized carbons (Fsp3) is 0.714. The monoisotopic (exact) mass is 262 g/mol. The molecule has 0 saturated carbocycles. The first-order valence-electron chi connectivity index (χ1n) is 3.67. The molecule has 4 nitrogen and oxygen atoms in total. The Morgan fingerprint density at radius 2 is 1.64 bits per heavy atom. The second kappa shape index (κ2) is 8.15. The van der Waals surface area contributed by atoms with Gasteiger partial charge in [0.2, 0.25) is 0 Å². The zero-order valence-corrected chi connectivity index (χ0v) is 9.44. The Labute approximate surface area is 96.4 Å². The Bertz CT molecular complexity index is 197. The van der Waals surface area contributed by atoms with E-state index in [0.717, 1.165) is 0 Å². The van der Waals surface area contributed by atoms with Crippen molar-refractivity contribution < 1.29 is 19.1 Å². The zero-order chi connectivity index (χ0) is 11.0. The summed E-state index contributed by atoms with van der Waals surface area (Å²) in [5, 5.41) is 0. The Morgan fingerprint density at radius 1 is 1.07 bits per heavy atom. The molecule has 82 valence electrons. The number of ether oxygens (including phenoxy) is 2. The lowest BCUT2D eigenvalue weighted by atomic mass is 10.4. The SMILES string of the molecule is O=C(CCl)OC[C@H](CCl)OC(=O)CCl. The van der Waals surface area contributed by atoms with Crippen molar-refractivity contribution in [1.29, 1.82) is 0 Å². The van der Waals surface area contributed by atoms with Crippen molar-refractivity contribution in [1.82, 2.24) is 0 Å². The fourth-order valence-corrected chi connectivity index (χ4v) is 0.844. The smallest absolute Gasteiger partial charge is 0.321 e. The van der Waals surface area contributed by atoms with Crippen molar-refractivity contribution in [2.45, 2.75) is 6.10 Å². The van der Waals surface area contributed by atoms with Gasteiger partial charge in [0.15, 0.2) is 0 Å². The van der Waals surface area contributed by atoms with Gasteiger partial charge in [0, 0.05) is 0 Å². The van der Waals surface area contributed by atoms with E-state index >= 15 is 0 Å². The highest BCUT2D eigenvalue weighted by molar-refractivity contribution is 6.26. The van der Waals surface area contributed by atoms with Gasteiger partial charge in [-0.3, -0.25) is 9.59 Å². The molecule has 0 fully saturated rings. The van der Waals surface area contributed by atoms with E-state index in [0.29, 0.717) is 0 Å². The number of carbonyl (C=O) groups excluding carboxylic acids is 2. The second-order valence-electron chi connectivity index (χ2n) is 2.22. The molecule has 0 saturated heterocycles. The number of halogens is 3. The highest BCUT2D eigenvalue weighted by Gasteiger charge is 2.14. The maximum absolute atomic E-state index is 10.7. The summed E-state index contributed by atoms with van der Waals surface area (Å²) in [4.78, 5) is 21.3. The second-order valence-corrected chi connectivity index (χ2v) is 3.06. The van der Waals surface area contributed by atoms with Crippen LogP contribution in [-0.4, -0.2) is 42.3 Å². The lowest BCUT2D eigenvalue weighted by Gasteiger charge is -2.13. The topological polar surface area (TPSA) is 52.6 Å². The molecule has 0 unspecified atom stereocenters. The Hall–Kier alpha value is -0.190. The molecule has 0 amide bonds. The van der Waals surface area contributed by atoms with Gasteiger partial charge in [-0.05, 0) is 0 Å². The van der Waals surface area contributed by atoms with E-state index in [1.165, 1.54) is 0 Å². The predicted molar refractivity (Wildman–Crippen MR) is 53.0 cm³/mol. The van der Waals surface area contributed by atoms with Gasteiger partial charge < -0.3 is 9.47 Å². The van der Waals surface area contributed by atoms with Crippen molar-refractivity contribution in [3.63, 3.8) is 0 Å². The van der Waals surface area contributed by atoms with Crippen LogP contribution >= 0.6 is 34.8 Å². The summed E-state index contributed by atoms with van der Waals surface area (Å²) < 4.78 is 9.33. The van der Waals surface area contributed by atoms with Crippen LogP contribution in [0.2, 0.25) is 0 Å². The van der Waals surface area contributed by atoms with Crippen LogP contribution in [-0.2, 0) is 19.1 Å². The molecule has 0 aliphatic heterocycles. The van der Waals surface area contributed by atoms with E-state index in [2.05, 4.69) is 4.74 Å². The molecule has 0 N–H and O–H groups in total. The first kappa shape index (κ1) is 13.8. The van der Waals surface area contributed by atoms with E-state index < -0.39 is 18.0 Å². The number of hydrogen-bond acceptors (Lipinski definition) is 4. The van der Waals surface area contributed by atoms with Crippen LogP contribution in [0.15, 0.2) is 0 Å². The molecule has 0 aromatic heterocycles. The van der Waals surface area contributed by atoms with Crippen molar-refractivity contribution in [2.24, 2.45) is 0 Å². The first-order chi connectivity index (χ1) is 6.63. The molecule has 0 aromatic rings. The normalized spacial score (nSPS) is 11.9. The van der Waals surface area contributed by atoms with Crippen LogP contribution in [0.5, 0.6) is 0 Å². The van der Waals surface area contributed by atoms with Gasteiger partial charge >= 0.3 is 11.9 Å². The van der Waals surface area contributed by atoms with Crippen molar-refractivity contribution in [3.8, 4) is 0 Å². The van der Waals surface area contributed by atoms with Crippen LogP contribution in [0, 0.1) is 0 Å². The zero-order valence-electron chi connectivity index (χ0n) is 7.17. The van der Waals surface area contributed by atoms with Crippen LogP contribution in [0.3, 0.4) is 0 Å². The molecule has 0 aliphatic carbocycles. The molecule has 0 aromatic carbocycles. The van der Waals surface area contributed by atoms with Crippen molar-refractivity contribution in [3.05, 3.63) is 0 Å². The summed E-state index contributed by atoms with van der Waals surface area (Å²) in [5.74, 6) is -1.70. The van der Waals surface area contributed by atoms with Gasteiger partial charge in [0.25, 0.3) is 0 Å². The minimum Gasteiger partial charge on any atom is -0.461 e. The Balaban J connectivity index is 3.79. The highest BCUT2D eigenvalue weighted by atomic mass is 35.5. The predicted octanol–water partition coefficient (Wildman–Crippen LogP) is 1.16. The van der Waals surface area contributed by atoms with Gasteiger partial charge in [-0.1, -0.05) is 0 Å². The minimum atomic E-state index is -0.685. The van der Waals surface area contributed by atoms with Crippen LogP contribution in [0.4, 0.5) is 0 Å². The van der Waals surface area contributed by atoms with Crippen molar-refractivity contribution in [2.75, 3.05) is 24.2 Å². The van der Waals surface area contributed by atoms with Crippen LogP contribution in [0.1, 0.15) is 0 Å². The maximum atomic E-state index is 10.7. The lowest BCUT2D eigenvalue weighted by Crippen LogP contribution is -2.27. The van der Waals surface area contributed by atoms with Gasteiger partial charge in [0.1, 0.15) is 24.5 Å². The molecule has 0 heterocycles. The van der Waals surface area contributed by atoms with Gasteiger partial charge in [-0.2, -0.15) is 0 Å². The lowest BCUT2D eigenvalue weighted by molar-refractivity contribution is -0.154. The molecule has 0 rings (SSSR count). The summed E-state index contributed by atoms with van der Waals surface area (Å²) in [6.45, 7) is -0.113. The molecule has 1 atom stereocenters. The molecular weight excluding hydrogens is 254 g/mol. The third-order valence-corrected chi connectivity index (χ3v) is 1.90. The molecule has 14 heavy (non-hydrogen) atoms. The highest BCUT2D eigenvalue weighted by Crippen LogP contribution is 1.99. The quantitative estimate of drug-likeness (QED) is 0.533. The average molecular weight is 264 g/mol. The minimum absolute atomic E-state index is 0.0260. The number of alkyl halides is 3. The maximum Gasteiger partial charge on any atom is 0.321 e. The molecule has 0 radical (unpaired) electrons. The van der Waals surface area contributed by atoms with Gasteiger partial charge in [-0.15, -0.1) is 34.8 Å². The summed E-state index contributed by atoms with van der Waals surface area (Å²) >= 11 is 15.8. The summed E-state index contributed by atoms with van der Waals surface area (Å²) in [6.07, 6.45) is -0.685. The Kier molecular flexibility index (Phi) is 8.04. The summed E-state index contributed by atoms with van der Waals surface area (Å²) in [5.41, 5.74) is 0. The molecule has 0 spiro atoms. The molecule has 0 bridgehead atoms. The number of esters is 2. The summed E-state index contributed by atoms with van der Waals surface area (Å²) in [6, 6.07) is 0. The standard InChI is InChI=1S/C7H9Cl3O4/c8-1-5(14-7(12)3-10)4-13-6(11)2-9/h5H,1-4H2/t5-/m0/s1. The van der Waals surface area contributed by atoms with E-state index in [4.69, 9.17) is 39.5 Å². The van der Waals surface area contributed by atoms with Gasteiger partial charge in [-0.25, -0.2) is 0 Å². The van der Waals surface area contributed by atoms with Crippen molar-refractivity contribution >= 4 is 46.7 Å². The third-order valence-electron chi connectivity index (χ3n) is 1.12. The van der Waals surface area contributed by atoms with Gasteiger partial charge in [0.05, 0.1) is 5.88 Å². The molecule has 7 heteroatoms. The third kappa shape index (κ3) is 6.29. The largest absolute Gasteiger partial charge is 0.461 e. The van der Waals surface area contributed by atoms with Crippen LogP contribution in [0.25, 0.3) is 0 Å². The average Bonchev–Trinajstić information content (AvgIpc) is 2.22. The fourth-order valence-electron chi connectivity index (χ4n) is 0.552. The molecular formula is C7H9Cl3O4. The van der Waals surface area contributed by atoms with E-state index in [1.54, 1.807) is 0 Å². The van der Waals surface area contributed by atoms with E-state index in [1.807, 2.05) is 0 Å². The van der Waals surface area contributed by atoms with E-state index in [9.17, 15) is 9.59 Å². The van der Waals surface area contributed by atoms with Crippen LogP contribution < -0.4 is 0 Å². The Morgan fingerprint density at radius 3 is 2.07 bits per heavy atom. The number of carbonyl (C=O) groups is 2. The summed E-state index contributed by atoms with van der Waals surface area (Å²) in [7, 11) is 0. The number of rotatable bonds is 6. The number of hydrogen-bond donors (Lipinski definition) is 0. The molecule has 0 aliphatic rings. The van der Waals surface area contributed by atoms with E-state index in [-0.39, 0.29) is 24.2 Å². The first-order valence-corrected chi connectivity index (χ1v) is 5.27.